The number of furan rings is 1. The zero-order valence-electron chi connectivity index (χ0n) is 10.9. The fraction of sp³-hybridized carbons (Fsp3) is 0.286. The van der Waals surface area contributed by atoms with E-state index in [2.05, 4.69) is 15.9 Å². The zero-order valence-corrected chi connectivity index (χ0v) is 12.5. The lowest BCUT2D eigenvalue weighted by atomic mass is 10.2. The minimum Gasteiger partial charge on any atom is -0.479 e. The lowest BCUT2D eigenvalue weighted by Gasteiger charge is -2.30. The van der Waals surface area contributed by atoms with E-state index in [4.69, 9.17) is 14.3 Å². The maximum Gasteiger partial charge on any atom is 0.334 e. The maximum absolute atomic E-state index is 12.4. The number of aliphatic carboxylic acids is 1. The van der Waals surface area contributed by atoms with Crippen molar-refractivity contribution in [1.29, 1.82) is 0 Å². The van der Waals surface area contributed by atoms with E-state index in [1.165, 1.54) is 4.90 Å². The van der Waals surface area contributed by atoms with Gasteiger partial charge in [0.2, 0.25) is 0 Å². The molecule has 0 aliphatic carbocycles. The molecule has 0 saturated carbocycles. The average Bonchev–Trinajstić information content (AvgIpc) is 2.89. The molecule has 0 unspecified atom stereocenters. The number of ether oxygens (including phenoxy) is 1. The van der Waals surface area contributed by atoms with Gasteiger partial charge < -0.3 is 19.2 Å². The minimum atomic E-state index is -1.07. The van der Waals surface area contributed by atoms with Gasteiger partial charge in [-0.3, -0.25) is 4.79 Å². The molecule has 1 fully saturated rings. The van der Waals surface area contributed by atoms with E-state index in [-0.39, 0.29) is 24.8 Å². The molecule has 1 atom stereocenters. The highest BCUT2D eigenvalue weighted by molar-refractivity contribution is 9.10. The van der Waals surface area contributed by atoms with Gasteiger partial charge in [0.1, 0.15) is 5.58 Å². The SMILES string of the molecule is O=C(O)[C@H]1CN(C(=O)c2cc3cc(Br)ccc3o2)CCO1. The van der Waals surface area contributed by atoms with Gasteiger partial charge in [-0.2, -0.15) is 0 Å². The van der Waals surface area contributed by atoms with Crippen LogP contribution in [0.3, 0.4) is 0 Å². The molecule has 0 radical (unpaired) electrons. The molecule has 2 heterocycles. The summed E-state index contributed by atoms with van der Waals surface area (Å²) in [7, 11) is 0. The van der Waals surface area contributed by atoms with Gasteiger partial charge in [0.05, 0.1) is 13.2 Å². The van der Waals surface area contributed by atoms with E-state index >= 15 is 0 Å². The molecule has 3 rings (SSSR count). The first kappa shape index (κ1) is 14.1. The molecule has 1 amide bonds. The summed E-state index contributed by atoms with van der Waals surface area (Å²) in [5.74, 6) is -1.19. The van der Waals surface area contributed by atoms with E-state index in [1.54, 1.807) is 12.1 Å². The number of carbonyl (C=O) groups excluding carboxylic acids is 1. The Labute approximate surface area is 128 Å². The first-order chi connectivity index (χ1) is 10.0. The van der Waals surface area contributed by atoms with Crippen LogP contribution in [-0.2, 0) is 9.53 Å². The number of halogens is 1. The minimum absolute atomic E-state index is 0.0227. The summed E-state index contributed by atoms with van der Waals surface area (Å²) in [6.45, 7) is 0.576. The molecule has 1 aromatic carbocycles. The molecule has 1 N–H and O–H groups in total. The summed E-state index contributed by atoms with van der Waals surface area (Å²) in [6.07, 6.45) is -0.985. The molecule has 21 heavy (non-hydrogen) atoms. The third-order valence-corrected chi connectivity index (χ3v) is 3.81. The molecule has 1 saturated heterocycles. The van der Waals surface area contributed by atoms with Gasteiger partial charge in [-0.05, 0) is 24.3 Å². The van der Waals surface area contributed by atoms with E-state index in [9.17, 15) is 9.59 Å². The van der Waals surface area contributed by atoms with Gasteiger partial charge in [-0.1, -0.05) is 15.9 Å². The van der Waals surface area contributed by atoms with Crippen molar-refractivity contribution in [1.82, 2.24) is 4.90 Å². The van der Waals surface area contributed by atoms with Crippen molar-refractivity contribution >= 4 is 38.8 Å². The van der Waals surface area contributed by atoms with Gasteiger partial charge in [0, 0.05) is 16.4 Å². The number of rotatable bonds is 2. The van der Waals surface area contributed by atoms with E-state index in [1.807, 2.05) is 12.1 Å². The number of carboxylic acid groups (broad SMARTS) is 1. The molecule has 2 aromatic rings. The standard InChI is InChI=1S/C14H12BrNO5/c15-9-1-2-10-8(5-9)6-11(21-10)13(17)16-3-4-20-12(7-16)14(18)19/h1-2,5-6,12H,3-4,7H2,(H,18,19)/t12-/m1/s1. The van der Waals surface area contributed by atoms with Crippen LogP contribution in [0.25, 0.3) is 11.0 Å². The Kier molecular flexibility index (Phi) is 3.69. The lowest BCUT2D eigenvalue weighted by Crippen LogP contribution is -2.48. The van der Waals surface area contributed by atoms with Gasteiger partial charge >= 0.3 is 5.97 Å². The molecule has 110 valence electrons. The number of carbonyl (C=O) groups is 2. The van der Waals surface area contributed by atoms with Crippen molar-refractivity contribution in [3.8, 4) is 0 Å². The number of hydrogen-bond donors (Lipinski definition) is 1. The smallest absolute Gasteiger partial charge is 0.334 e. The first-order valence-corrected chi connectivity index (χ1v) is 7.16. The molecule has 1 aliphatic heterocycles. The largest absolute Gasteiger partial charge is 0.479 e. The fourth-order valence-corrected chi connectivity index (χ4v) is 2.64. The molecular formula is C14H12BrNO5. The number of carboxylic acids is 1. The van der Waals surface area contributed by atoms with Crippen molar-refractivity contribution in [2.24, 2.45) is 0 Å². The van der Waals surface area contributed by atoms with E-state index in [0.29, 0.717) is 12.1 Å². The monoisotopic (exact) mass is 353 g/mol. The molecule has 7 heteroatoms. The Morgan fingerprint density at radius 2 is 2.14 bits per heavy atom. The third kappa shape index (κ3) is 2.79. The molecule has 6 nitrogen and oxygen atoms in total. The highest BCUT2D eigenvalue weighted by Crippen LogP contribution is 2.24. The fourth-order valence-electron chi connectivity index (χ4n) is 2.26. The summed E-state index contributed by atoms with van der Waals surface area (Å²) in [5, 5.41) is 9.78. The number of benzene rings is 1. The van der Waals surface area contributed by atoms with E-state index in [0.717, 1.165) is 9.86 Å². The Morgan fingerprint density at radius 1 is 1.33 bits per heavy atom. The topological polar surface area (TPSA) is 80.0 Å². The summed E-state index contributed by atoms with van der Waals surface area (Å²) in [4.78, 5) is 24.8. The van der Waals surface area contributed by atoms with Gasteiger partial charge in [-0.15, -0.1) is 0 Å². The van der Waals surface area contributed by atoms with Gasteiger partial charge in [-0.25, -0.2) is 4.79 Å². The summed E-state index contributed by atoms with van der Waals surface area (Å²) in [6, 6.07) is 7.12. The van der Waals surface area contributed by atoms with Crippen LogP contribution in [0.15, 0.2) is 33.2 Å². The Bertz CT molecular complexity index is 710. The van der Waals surface area contributed by atoms with Crippen LogP contribution in [0.4, 0.5) is 0 Å². The molecular weight excluding hydrogens is 342 g/mol. The lowest BCUT2D eigenvalue weighted by molar-refractivity contribution is -0.154. The summed E-state index contributed by atoms with van der Waals surface area (Å²) in [5.41, 5.74) is 0.615. The number of morpholine rings is 1. The average molecular weight is 354 g/mol. The van der Waals surface area contributed by atoms with Crippen LogP contribution in [0.5, 0.6) is 0 Å². The number of amides is 1. The van der Waals surface area contributed by atoms with Crippen LogP contribution in [0.2, 0.25) is 0 Å². The second kappa shape index (κ2) is 5.50. The van der Waals surface area contributed by atoms with Crippen LogP contribution in [0, 0.1) is 0 Å². The second-order valence-corrected chi connectivity index (χ2v) is 5.66. The highest BCUT2D eigenvalue weighted by Gasteiger charge is 2.30. The van der Waals surface area contributed by atoms with Gasteiger partial charge in [0.15, 0.2) is 11.9 Å². The number of hydrogen-bond acceptors (Lipinski definition) is 4. The number of nitrogens with zero attached hydrogens (tertiary/aromatic N) is 1. The Morgan fingerprint density at radius 3 is 2.90 bits per heavy atom. The third-order valence-electron chi connectivity index (χ3n) is 3.32. The zero-order chi connectivity index (χ0) is 15.0. The van der Waals surface area contributed by atoms with Crippen LogP contribution >= 0.6 is 15.9 Å². The Balaban J connectivity index is 1.84. The second-order valence-electron chi connectivity index (χ2n) is 4.74. The van der Waals surface area contributed by atoms with Crippen molar-refractivity contribution in [3.63, 3.8) is 0 Å². The van der Waals surface area contributed by atoms with E-state index < -0.39 is 12.1 Å². The predicted molar refractivity (Wildman–Crippen MR) is 77.2 cm³/mol. The molecule has 1 aliphatic rings. The molecule has 1 aromatic heterocycles. The van der Waals surface area contributed by atoms with Crippen molar-refractivity contribution in [2.75, 3.05) is 19.7 Å². The van der Waals surface area contributed by atoms with Crippen LogP contribution < -0.4 is 0 Å². The highest BCUT2D eigenvalue weighted by atomic mass is 79.9. The van der Waals surface area contributed by atoms with Crippen molar-refractivity contribution in [3.05, 3.63) is 34.5 Å². The van der Waals surface area contributed by atoms with Crippen molar-refractivity contribution in [2.45, 2.75) is 6.10 Å². The van der Waals surface area contributed by atoms with Crippen LogP contribution in [0.1, 0.15) is 10.6 Å². The van der Waals surface area contributed by atoms with Crippen molar-refractivity contribution < 1.29 is 23.8 Å². The maximum atomic E-state index is 12.4. The van der Waals surface area contributed by atoms with Gasteiger partial charge in [0.25, 0.3) is 5.91 Å². The molecule has 0 bridgehead atoms. The Hall–Kier alpha value is -1.86. The van der Waals surface area contributed by atoms with Crippen LogP contribution in [-0.4, -0.2) is 47.7 Å². The predicted octanol–water partition coefficient (Wildman–Crippen LogP) is 2.12. The number of fused-ring (bicyclic) bond motifs is 1. The normalized spacial score (nSPS) is 18.9. The molecule has 0 spiro atoms. The first-order valence-electron chi connectivity index (χ1n) is 6.37. The quantitative estimate of drug-likeness (QED) is 0.894. The summed E-state index contributed by atoms with van der Waals surface area (Å²) < 4.78 is 11.5. The summed E-state index contributed by atoms with van der Waals surface area (Å²) >= 11 is 3.36.